The first-order valence-electron chi connectivity index (χ1n) is 8.60. The number of amides is 2. The highest BCUT2D eigenvalue weighted by molar-refractivity contribution is 6.01. The first kappa shape index (κ1) is 17.3. The van der Waals surface area contributed by atoms with Gasteiger partial charge in [-0.05, 0) is 24.3 Å². The minimum absolute atomic E-state index is 0.220. The van der Waals surface area contributed by atoms with E-state index in [1.54, 1.807) is 48.5 Å². The van der Waals surface area contributed by atoms with Crippen LogP contribution < -0.4 is 16.1 Å². The van der Waals surface area contributed by atoms with Gasteiger partial charge in [-0.1, -0.05) is 71.9 Å². The summed E-state index contributed by atoms with van der Waals surface area (Å²) in [5.74, 6) is -0.552. The summed E-state index contributed by atoms with van der Waals surface area (Å²) in [5.41, 5.74) is 1.72. The van der Waals surface area contributed by atoms with Gasteiger partial charge in [0.25, 0.3) is 0 Å². The van der Waals surface area contributed by atoms with Gasteiger partial charge in [0, 0.05) is 11.3 Å². The number of benzene rings is 3. The molecule has 7 nitrogen and oxygen atoms in total. The van der Waals surface area contributed by atoms with Crippen molar-refractivity contribution < 1.29 is 9.32 Å². The molecule has 2 amide bonds. The number of para-hydroxylation sites is 2. The molecule has 3 aromatic carbocycles. The zero-order valence-electron chi connectivity index (χ0n) is 14.7. The Balaban J connectivity index is 1.83. The van der Waals surface area contributed by atoms with Gasteiger partial charge in [-0.3, -0.25) is 4.52 Å². The standard InChI is InChI=1S/C21H16N4O3/c26-20(22-17-12-6-2-7-13-17)24(18-14-8-3-9-15-18)25-19(23-28-21(25)27)16-10-4-1-5-11-16/h1-15H,(H,22,26). The van der Waals surface area contributed by atoms with E-state index < -0.39 is 11.8 Å². The van der Waals surface area contributed by atoms with Crippen LogP contribution in [0.1, 0.15) is 0 Å². The lowest BCUT2D eigenvalue weighted by molar-refractivity contribution is 0.254. The van der Waals surface area contributed by atoms with E-state index >= 15 is 0 Å². The number of carbonyl (C=O) groups is 1. The molecule has 0 saturated carbocycles. The smallest absolute Gasteiger partial charge is 0.306 e. The van der Waals surface area contributed by atoms with E-state index in [2.05, 4.69) is 10.5 Å². The maximum Gasteiger partial charge on any atom is 0.461 e. The molecule has 0 aliphatic heterocycles. The van der Waals surface area contributed by atoms with Crippen LogP contribution in [0.15, 0.2) is 100 Å². The Morgan fingerprint density at radius 2 is 1.43 bits per heavy atom. The molecule has 28 heavy (non-hydrogen) atoms. The number of nitrogens with zero attached hydrogens (tertiary/aromatic N) is 3. The number of hydrogen-bond donors (Lipinski definition) is 1. The third-order valence-electron chi connectivity index (χ3n) is 4.03. The van der Waals surface area contributed by atoms with Crippen molar-refractivity contribution in [1.29, 1.82) is 0 Å². The predicted octanol–water partition coefficient (Wildman–Crippen LogP) is 4.01. The van der Waals surface area contributed by atoms with Crippen LogP contribution in [0.5, 0.6) is 0 Å². The van der Waals surface area contributed by atoms with Gasteiger partial charge in [-0.2, -0.15) is 9.69 Å². The zero-order chi connectivity index (χ0) is 19.3. The highest BCUT2D eigenvalue weighted by atomic mass is 16.5. The summed E-state index contributed by atoms with van der Waals surface area (Å²) in [6, 6.07) is 26.3. The summed E-state index contributed by atoms with van der Waals surface area (Å²) in [7, 11) is 0. The van der Waals surface area contributed by atoms with E-state index in [0.29, 0.717) is 16.9 Å². The third-order valence-corrected chi connectivity index (χ3v) is 4.03. The van der Waals surface area contributed by atoms with Crippen molar-refractivity contribution in [3.05, 3.63) is 102 Å². The molecule has 1 heterocycles. The quantitative estimate of drug-likeness (QED) is 0.587. The molecule has 0 radical (unpaired) electrons. The molecule has 0 spiro atoms. The van der Waals surface area contributed by atoms with Crippen LogP contribution in [0.25, 0.3) is 11.4 Å². The molecule has 0 bridgehead atoms. The number of aromatic nitrogens is 2. The van der Waals surface area contributed by atoms with Gasteiger partial charge in [-0.15, -0.1) is 0 Å². The molecule has 0 atom stereocenters. The number of nitrogens with one attached hydrogen (secondary N) is 1. The Hall–Kier alpha value is -4.13. The van der Waals surface area contributed by atoms with Crippen molar-refractivity contribution in [2.45, 2.75) is 0 Å². The van der Waals surface area contributed by atoms with Gasteiger partial charge < -0.3 is 5.32 Å². The molecule has 0 unspecified atom stereocenters. The lowest BCUT2D eigenvalue weighted by Gasteiger charge is -2.23. The van der Waals surface area contributed by atoms with E-state index in [1.807, 2.05) is 42.5 Å². The van der Waals surface area contributed by atoms with Crippen LogP contribution in [-0.4, -0.2) is 15.9 Å². The molecule has 1 aromatic heterocycles. The highest BCUT2D eigenvalue weighted by Crippen LogP contribution is 2.21. The minimum Gasteiger partial charge on any atom is -0.306 e. The van der Waals surface area contributed by atoms with Crippen LogP contribution >= 0.6 is 0 Å². The van der Waals surface area contributed by atoms with Gasteiger partial charge in [0.1, 0.15) is 0 Å². The molecular formula is C21H16N4O3. The molecule has 0 fully saturated rings. The second-order valence-corrected chi connectivity index (χ2v) is 5.89. The summed E-state index contributed by atoms with van der Waals surface area (Å²) < 4.78 is 6.00. The highest BCUT2D eigenvalue weighted by Gasteiger charge is 2.25. The Morgan fingerprint density at radius 3 is 2.07 bits per heavy atom. The molecule has 4 aromatic rings. The van der Waals surface area contributed by atoms with Crippen molar-refractivity contribution >= 4 is 17.4 Å². The fraction of sp³-hybridized carbons (Fsp3) is 0. The fourth-order valence-electron chi connectivity index (χ4n) is 2.78. The van der Waals surface area contributed by atoms with Gasteiger partial charge in [-0.25, -0.2) is 9.59 Å². The molecule has 0 aliphatic rings. The summed E-state index contributed by atoms with van der Waals surface area (Å²) in [6.07, 6.45) is 0. The monoisotopic (exact) mass is 372 g/mol. The SMILES string of the molecule is O=C(Nc1ccccc1)N(c1ccccc1)n1c(-c2ccccc2)noc1=O. The Kier molecular flexibility index (Phi) is 4.71. The van der Waals surface area contributed by atoms with Crippen molar-refractivity contribution in [3.63, 3.8) is 0 Å². The molecule has 7 heteroatoms. The average molecular weight is 372 g/mol. The zero-order valence-corrected chi connectivity index (χ0v) is 14.7. The summed E-state index contributed by atoms with van der Waals surface area (Å²) >= 11 is 0. The van der Waals surface area contributed by atoms with E-state index in [0.717, 1.165) is 4.68 Å². The van der Waals surface area contributed by atoms with Crippen LogP contribution in [0.3, 0.4) is 0 Å². The van der Waals surface area contributed by atoms with Crippen molar-refractivity contribution in [2.24, 2.45) is 0 Å². The minimum atomic E-state index is -0.772. The van der Waals surface area contributed by atoms with Gasteiger partial charge >= 0.3 is 11.8 Å². The maximum atomic E-state index is 13.1. The molecule has 1 N–H and O–H groups in total. The lowest BCUT2D eigenvalue weighted by atomic mass is 10.2. The number of carbonyl (C=O) groups excluding carboxylic acids is 1. The van der Waals surface area contributed by atoms with E-state index in [9.17, 15) is 9.59 Å². The maximum absolute atomic E-state index is 13.1. The van der Waals surface area contributed by atoms with E-state index in [-0.39, 0.29) is 5.82 Å². The number of rotatable bonds is 4. The van der Waals surface area contributed by atoms with Gasteiger partial charge in [0.15, 0.2) is 0 Å². The summed E-state index contributed by atoms with van der Waals surface area (Å²) in [5, 5.41) is 7.87. The topological polar surface area (TPSA) is 80.4 Å². The van der Waals surface area contributed by atoms with Crippen molar-refractivity contribution in [3.8, 4) is 11.4 Å². The molecule has 0 saturated heterocycles. The molecule has 4 rings (SSSR count). The lowest BCUT2D eigenvalue weighted by Crippen LogP contribution is -2.44. The first-order chi connectivity index (χ1) is 13.7. The van der Waals surface area contributed by atoms with Crippen LogP contribution in [0.2, 0.25) is 0 Å². The number of urea groups is 1. The molecular weight excluding hydrogens is 356 g/mol. The predicted molar refractivity (Wildman–Crippen MR) is 106 cm³/mol. The second kappa shape index (κ2) is 7.63. The van der Waals surface area contributed by atoms with Crippen LogP contribution in [0.4, 0.5) is 16.2 Å². The number of anilines is 2. The Morgan fingerprint density at radius 1 is 0.857 bits per heavy atom. The Bertz CT molecular complexity index is 1120. The van der Waals surface area contributed by atoms with Crippen molar-refractivity contribution in [1.82, 2.24) is 9.83 Å². The van der Waals surface area contributed by atoms with Gasteiger partial charge in [0.2, 0.25) is 5.82 Å². The Labute approximate surface area is 160 Å². The molecule has 0 aliphatic carbocycles. The van der Waals surface area contributed by atoms with Gasteiger partial charge in [0.05, 0.1) is 5.69 Å². The van der Waals surface area contributed by atoms with E-state index in [4.69, 9.17) is 4.52 Å². The van der Waals surface area contributed by atoms with Crippen molar-refractivity contribution in [2.75, 3.05) is 10.3 Å². The summed E-state index contributed by atoms with van der Waals surface area (Å²) in [4.78, 5) is 25.6. The largest absolute Gasteiger partial charge is 0.461 e. The average Bonchev–Trinajstić information content (AvgIpc) is 3.12. The summed E-state index contributed by atoms with van der Waals surface area (Å²) in [6.45, 7) is 0. The second-order valence-electron chi connectivity index (χ2n) is 5.89. The first-order valence-corrected chi connectivity index (χ1v) is 8.60. The number of hydrogen-bond acceptors (Lipinski definition) is 4. The fourth-order valence-corrected chi connectivity index (χ4v) is 2.78. The normalized spacial score (nSPS) is 10.4. The van der Waals surface area contributed by atoms with Crippen LogP contribution in [-0.2, 0) is 0 Å². The third kappa shape index (κ3) is 3.41. The van der Waals surface area contributed by atoms with Crippen LogP contribution in [0, 0.1) is 0 Å². The molecule has 138 valence electrons. The van der Waals surface area contributed by atoms with E-state index in [1.165, 1.54) is 5.01 Å².